The van der Waals surface area contributed by atoms with Crippen molar-refractivity contribution in [3.8, 4) is 0 Å². The lowest BCUT2D eigenvalue weighted by molar-refractivity contribution is 0.0159. The van der Waals surface area contributed by atoms with Crippen LogP contribution in [0.25, 0.3) is 0 Å². The largest absolute Gasteiger partial charge is 0.382 e. The molecule has 110 valence electrons. The van der Waals surface area contributed by atoms with Crippen LogP contribution in [0.5, 0.6) is 0 Å². The van der Waals surface area contributed by atoms with Crippen LogP contribution in [0.4, 0.5) is 0 Å². The molecule has 2 unspecified atom stereocenters. The fraction of sp³-hybridized carbons (Fsp3) is 0.714. The number of rotatable bonds is 10. The molecule has 0 aromatic carbocycles. The summed E-state index contributed by atoms with van der Waals surface area (Å²) in [6.45, 7) is 6.70. The summed E-state index contributed by atoms with van der Waals surface area (Å²) in [4.78, 5) is 2.49. The smallest absolute Gasteiger partial charge is 0.106 e. The fourth-order valence-corrected chi connectivity index (χ4v) is 2.76. The van der Waals surface area contributed by atoms with E-state index in [4.69, 9.17) is 19.9 Å². The molecule has 2 N–H and O–H groups in total. The van der Waals surface area contributed by atoms with E-state index in [9.17, 15) is 0 Å². The van der Waals surface area contributed by atoms with E-state index in [0.717, 1.165) is 6.42 Å². The summed E-state index contributed by atoms with van der Waals surface area (Å²) in [5, 5.41) is 0. The van der Waals surface area contributed by atoms with Gasteiger partial charge in [0, 0.05) is 36.1 Å². The van der Waals surface area contributed by atoms with E-state index in [2.05, 4.69) is 19.1 Å². The van der Waals surface area contributed by atoms with Crippen LogP contribution in [0.15, 0.2) is 12.1 Å². The SMILES string of the molecule is COCCOCCCOC(c1ccc(C)s1)C(C)N. The number of hydrogen-bond donors (Lipinski definition) is 1. The van der Waals surface area contributed by atoms with Crippen LogP contribution in [-0.4, -0.2) is 39.6 Å². The van der Waals surface area contributed by atoms with Crippen LogP contribution in [-0.2, 0) is 14.2 Å². The maximum atomic E-state index is 5.99. The normalized spacial score (nSPS) is 14.5. The molecule has 0 aliphatic rings. The average molecular weight is 287 g/mol. The zero-order chi connectivity index (χ0) is 14.1. The highest BCUT2D eigenvalue weighted by Crippen LogP contribution is 2.27. The van der Waals surface area contributed by atoms with Crippen LogP contribution >= 0.6 is 11.3 Å². The van der Waals surface area contributed by atoms with Crippen molar-refractivity contribution in [3.05, 3.63) is 21.9 Å². The Bertz CT molecular complexity index is 341. The van der Waals surface area contributed by atoms with Gasteiger partial charge in [0.05, 0.1) is 13.2 Å². The molecule has 0 saturated heterocycles. The standard InChI is InChI=1S/C14H25NO3S/c1-11-5-6-13(19-11)14(12(2)15)18-8-4-7-17-10-9-16-3/h5-6,12,14H,4,7-10,15H2,1-3H3. The Morgan fingerprint density at radius 2 is 2.00 bits per heavy atom. The molecule has 1 aromatic rings. The van der Waals surface area contributed by atoms with Gasteiger partial charge in [-0.15, -0.1) is 11.3 Å². The van der Waals surface area contributed by atoms with Gasteiger partial charge in [-0.3, -0.25) is 0 Å². The molecule has 0 fully saturated rings. The van der Waals surface area contributed by atoms with Gasteiger partial charge >= 0.3 is 0 Å². The quantitative estimate of drug-likeness (QED) is 0.672. The minimum absolute atomic E-state index is 0.00698. The third-order valence-electron chi connectivity index (χ3n) is 2.68. The number of hydrogen-bond acceptors (Lipinski definition) is 5. The predicted octanol–water partition coefficient (Wildman–Crippen LogP) is 2.51. The molecule has 0 bridgehead atoms. The van der Waals surface area contributed by atoms with Crippen molar-refractivity contribution in [1.82, 2.24) is 0 Å². The Kier molecular flexibility index (Phi) is 8.25. The van der Waals surface area contributed by atoms with E-state index in [1.807, 2.05) is 6.92 Å². The lowest BCUT2D eigenvalue weighted by Gasteiger charge is -2.20. The van der Waals surface area contributed by atoms with E-state index < -0.39 is 0 Å². The maximum Gasteiger partial charge on any atom is 0.106 e. The molecule has 0 aliphatic heterocycles. The highest BCUT2D eigenvalue weighted by molar-refractivity contribution is 7.12. The summed E-state index contributed by atoms with van der Waals surface area (Å²) in [5.41, 5.74) is 5.99. The Balaban J connectivity index is 2.24. The van der Waals surface area contributed by atoms with E-state index in [1.54, 1.807) is 18.4 Å². The van der Waals surface area contributed by atoms with Gasteiger partial charge in [-0.1, -0.05) is 0 Å². The number of nitrogens with two attached hydrogens (primary N) is 1. The highest BCUT2D eigenvalue weighted by Gasteiger charge is 2.18. The molecule has 0 aliphatic carbocycles. The number of thiophene rings is 1. The summed E-state index contributed by atoms with van der Waals surface area (Å²) < 4.78 is 16.2. The lowest BCUT2D eigenvalue weighted by atomic mass is 10.1. The number of ether oxygens (including phenoxy) is 3. The topological polar surface area (TPSA) is 53.7 Å². The molecular weight excluding hydrogens is 262 g/mol. The van der Waals surface area contributed by atoms with Crippen LogP contribution in [0.1, 0.15) is 29.2 Å². The Morgan fingerprint density at radius 3 is 2.58 bits per heavy atom. The van der Waals surface area contributed by atoms with Crippen molar-refractivity contribution in [2.45, 2.75) is 32.4 Å². The Morgan fingerprint density at radius 1 is 1.21 bits per heavy atom. The summed E-state index contributed by atoms with van der Waals surface area (Å²) >= 11 is 1.75. The molecule has 0 radical (unpaired) electrons. The minimum atomic E-state index is -0.0160. The third kappa shape index (κ3) is 6.49. The van der Waals surface area contributed by atoms with Crippen molar-refractivity contribution >= 4 is 11.3 Å². The number of methoxy groups -OCH3 is 1. The maximum absolute atomic E-state index is 5.99. The second-order valence-corrected chi connectivity index (χ2v) is 5.88. The van der Waals surface area contributed by atoms with E-state index >= 15 is 0 Å². The average Bonchev–Trinajstić information content (AvgIpc) is 2.78. The first-order valence-electron chi connectivity index (χ1n) is 6.65. The summed E-state index contributed by atoms with van der Waals surface area (Å²) in [5.74, 6) is 0. The van der Waals surface area contributed by atoms with Gasteiger partial charge in [0.15, 0.2) is 0 Å². The van der Waals surface area contributed by atoms with Gasteiger partial charge in [0.25, 0.3) is 0 Å². The second kappa shape index (κ2) is 9.44. The summed E-state index contributed by atoms with van der Waals surface area (Å²) in [6, 6.07) is 4.20. The minimum Gasteiger partial charge on any atom is -0.382 e. The molecule has 5 heteroatoms. The van der Waals surface area contributed by atoms with Crippen molar-refractivity contribution in [3.63, 3.8) is 0 Å². The molecule has 0 saturated carbocycles. The first-order valence-corrected chi connectivity index (χ1v) is 7.47. The van der Waals surface area contributed by atoms with Crippen molar-refractivity contribution < 1.29 is 14.2 Å². The van der Waals surface area contributed by atoms with Crippen molar-refractivity contribution in [1.29, 1.82) is 0 Å². The molecule has 2 atom stereocenters. The third-order valence-corrected chi connectivity index (χ3v) is 3.74. The van der Waals surface area contributed by atoms with Crippen molar-refractivity contribution in [2.75, 3.05) is 33.5 Å². The first-order chi connectivity index (χ1) is 9.15. The van der Waals surface area contributed by atoms with Crippen LogP contribution in [0.2, 0.25) is 0 Å². The molecular formula is C14H25NO3S. The monoisotopic (exact) mass is 287 g/mol. The molecule has 1 aromatic heterocycles. The molecule has 1 rings (SSSR count). The molecule has 1 heterocycles. The van der Waals surface area contributed by atoms with Gasteiger partial charge in [-0.05, 0) is 32.4 Å². The molecule has 4 nitrogen and oxygen atoms in total. The molecule has 19 heavy (non-hydrogen) atoms. The lowest BCUT2D eigenvalue weighted by Crippen LogP contribution is -2.26. The van der Waals surface area contributed by atoms with E-state index in [-0.39, 0.29) is 12.1 Å². The zero-order valence-electron chi connectivity index (χ0n) is 12.1. The van der Waals surface area contributed by atoms with E-state index in [0.29, 0.717) is 26.4 Å². The van der Waals surface area contributed by atoms with Gasteiger partial charge in [-0.25, -0.2) is 0 Å². The van der Waals surface area contributed by atoms with Crippen LogP contribution in [0.3, 0.4) is 0 Å². The van der Waals surface area contributed by atoms with Crippen molar-refractivity contribution in [2.24, 2.45) is 5.73 Å². The van der Waals surface area contributed by atoms with Gasteiger partial charge in [0.2, 0.25) is 0 Å². The summed E-state index contributed by atoms with van der Waals surface area (Å²) in [6.07, 6.45) is 0.856. The van der Waals surface area contributed by atoms with E-state index in [1.165, 1.54) is 9.75 Å². The second-order valence-electron chi connectivity index (χ2n) is 4.56. The van der Waals surface area contributed by atoms with Crippen LogP contribution < -0.4 is 5.73 Å². The predicted molar refractivity (Wildman–Crippen MR) is 78.7 cm³/mol. The summed E-state index contributed by atoms with van der Waals surface area (Å²) in [7, 11) is 1.67. The Labute approximate surface area is 119 Å². The fourth-order valence-electron chi connectivity index (χ4n) is 1.71. The molecule has 0 spiro atoms. The van der Waals surface area contributed by atoms with Gasteiger partial charge in [0.1, 0.15) is 6.10 Å². The molecule has 0 amide bonds. The number of aryl methyl sites for hydroxylation is 1. The zero-order valence-corrected chi connectivity index (χ0v) is 12.9. The van der Waals surface area contributed by atoms with Crippen LogP contribution in [0, 0.1) is 6.92 Å². The highest BCUT2D eigenvalue weighted by atomic mass is 32.1. The van der Waals surface area contributed by atoms with Gasteiger partial charge in [-0.2, -0.15) is 0 Å². The Hall–Kier alpha value is -0.460. The first kappa shape index (κ1) is 16.6. The van der Waals surface area contributed by atoms with Gasteiger partial charge < -0.3 is 19.9 Å².